The van der Waals surface area contributed by atoms with Gasteiger partial charge in [0.15, 0.2) is 0 Å². The lowest BCUT2D eigenvalue weighted by atomic mass is 10.1. The highest BCUT2D eigenvalue weighted by atomic mass is 32.1. The van der Waals surface area contributed by atoms with Gasteiger partial charge in [-0.15, -0.1) is 11.3 Å². The molecule has 1 atom stereocenters. The summed E-state index contributed by atoms with van der Waals surface area (Å²) in [6.45, 7) is 7.58. The normalized spacial score (nSPS) is 23.3. The fourth-order valence-electron chi connectivity index (χ4n) is 2.07. The maximum absolute atomic E-state index is 4.48. The van der Waals surface area contributed by atoms with Gasteiger partial charge < -0.3 is 10.2 Å². The van der Waals surface area contributed by atoms with Crippen LogP contribution in [0.1, 0.15) is 15.6 Å². The number of rotatable bonds is 2. The van der Waals surface area contributed by atoms with E-state index in [4.69, 9.17) is 0 Å². The number of aryl methyl sites for hydroxylation is 2. The molecular weight excluding hydrogens is 206 g/mol. The lowest BCUT2D eigenvalue weighted by molar-refractivity contribution is 0.199. The second-order valence-corrected chi connectivity index (χ2v) is 5.57. The summed E-state index contributed by atoms with van der Waals surface area (Å²) < 4.78 is 0. The van der Waals surface area contributed by atoms with Crippen molar-refractivity contribution in [3.05, 3.63) is 15.6 Å². The molecule has 1 N–H and O–H groups in total. The second-order valence-electron chi connectivity index (χ2n) is 4.28. The fraction of sp³-hybridized carbons (Fsp3) is 0.727. The van der Waals surface area contributed by atoms with Crippen LogP contribution in [0.3, 0.4) is 0 Å². The first-order chi connectivity index (χ1) is 7.16. The molecule has 1 aromatic heterocycles. The van der Waals surface area contributed by atoms with Crippen molar-refractivity contribution in [3.63, 3.8) is 0 Å². The van der Waals surface area contributed by atoms with Gasteiger partial charge in [-0.1, -0.05) is 0 Å². The number of hydrogen-bond acceptors (Lipinski definition) is 4. The minimum Gasteiger partial charge on any atom is -0.314 e. The highest BCUT2D eigenvalue weighted by molar-refractivity contribution is 7.11. The Morgan fingerprint density at radius 1 is 1.53 bits per heavy atom. The molecule has 84 valence electrons. The van der Waals surface area contributed by atoms with Gasteiger partial charge in [0.25, 0.3) is 0 Å². The first-order valence-electron chi connectivity index (χ1n) is 5.50. The molecule has 0 bridgehead atoms. The Bertz CT molecular complexity index is 335. The smallest absolute Gasteiger partial charge is 0.0900 e. The molecule has 0 spiro atoms. The molecule has 0 aliphatic carbocycles. The number of likely N-dealkylation sites (N-methyl/N-ethyl adjacent to an activating group) is 1. The molecule has 1 unspecified atom stereocenters. The van der Waals surface area contributed by atoms with Gasteiger partial charge in [0.05, 0.1) is 10.7 Å². The average molecular weight is 225 g/mol. The molecular formula is C11H19N3S. The van der Waals surface area contributed by atoms with Crippen LogP contribution >= 0.6 is 11.3 Å². The lowest BCUT2D eigenvalue weighted by Crippen LogP contribution is -2.50. The highest BCUT2D eigenvalue weighted by Gasteiger charge is 2.20. The third-order valence-electron chi connectivity index (χ3n) is 3.07. The molecule has 4 heteroatoms. The molecule has 0 amide bonds. The van der Waals surface area contributed by atoms with Crippen LogP contribution in [0.2, 0.25) is 0 Å². The standard InChI is InChI=1S/C11H19N3S/c1-8-11(15-9(2)13-8)6-10-7-12-4-5-14(10)3/h10,12H,4-7H2,1-3H3. The van der Waals surface area contributed by atoms with E-state index in [1.165, 1.54) is 15.6 Å². The van der Waals surface area contributed by atoms with Crippen molar-refractivity contribution in [2.75, 3.05) is 26.7 Å². The Morgan fingerprint density at radius 2 is 2.33 bits per heavy atom. The molecule has 1 fully saturated rings. The van der Waals surface area contributed by atoms with E-state index >= 15 is 0 Å². The third kappa shape index (κ3) is 2.56. The zero-order valence-electron chi connectivity index (χ0n) is 9.71. The first kappa shape index (κ1) is 11.0. The zero-order chi connectivity index (χ0) is 10.8. The van der Waals surface area contributed by atoms with Crippen molar-refractivity contribution in [2.45, 2.75) is 26.3 Å². The minimum absolute atomic E-state index is 0.636. The SMILES string of the molecule is Cc1nc(C)c(CC2CNCCN2C)s1. The highest BCUT2D eigenvalue weighted by Crippen LogP contribution is 2.20. The lowest BCUT2D eigenvalue weighted by Gasteiger charge is -2.32. The Kier molecular flexibility index (Phi) is 3.38. The quantitative estimate of drug-likeness (QED) is 0.820. The predicted molar refractivity (Wildman–Crippen MR) is 64.6 cm³/mol. The summed E-state index contributed by atoms with van der Waals surface area (Å²) in [6, 6.07) is 0.636. The fourth-order valence-corrected chi connectivity index (χ4v) is 3.08. The van der Waals surface area contributed by atoms with Gasteiger partial charge in [0.1, 0.15) is 0 Å². The maximum atomic E-state index is 4.48. The van der Waals surface area contributed by atoms with E-state index in [1.807, 2.05) is 11.3 Å². The minimum atomic E-state index is 0.636. The van der Waals surface area contributed by atoms with E-state index in [-0.39, 0.29) is 0 Å². The number of aromatic nitrogens is 1. The third-order valence-corrected chi connectivity index (χ3v) is 4.16. The van der Waals surface area contributed by atoms with Crippen molar-refractivity contribution in [1.29, 1.82) is 0 Å². The number of piperazine rings is 1. The topological polar surface area (TPSA) is 28.2 Å². The van der Waals surface area contributed by atoms with Gasteiger partial charge in [-0.05, 0) is 20.9 Å². The zero-order valence-corrected chi connectivity index (χ0v) is 10.5. The summed E-state index contributed by atoms with van der Waals surface area (Å²) in [5.41, 5.74) is 1.22. The summed E-state index contributed by atoms with van der Waals surface area (Å²) in [5, 5.41) is 4.64. The van der Waals surface area contributed by atoms with Crippen LogP contribution in [-0.4, -0.2) is 42.6 Å². The van der Waals surface area contributed by atoms with Crippen LogP contribution in [0.15, 0.2) is 0 Å². The van der Waals surface area contributed by atoms with Crippen molar-refractivity contribution >= 4 is 11.3 Å². The molecule has 1 aliphatic rings. The van der Waals surface area contributed by atoms with E-state index in [9.17, 15) is 0 Å². The van der Waals surface area contributed by atoms with Crippen molar-refractivity contribution in [1.82, 2.24) is 15.2 Å². The van der Waals surface area contributed by atoms with Gasteiger partial charge in [0.2, 0.25) is 0 Å². The predicted octanol–water partition coefficient (Wildman–Crippen LogP) is 1.21. The van der Waals surface area contributed by atoms with E-state index in [1.54, 1.807) is 0 Å². The van der Waals surface area contributed by atoms with Gasteiger partial charge in [-0.25, -0.2) is 4.98 Å². The van der Waals surface area contributed by atoms with Crippen LogP contribution in [-0.2, 0) is 6.42 Å². The summed E-state index contributed by atoms with van der Waals surface area (Å²) in [6.07, 6.45) is 1.14. The largest absolute Gasteiger partial charge is 0.314 e. The van der Waals surface area contributed by atoms with Crippen LogP contribution in [0.5, 0.6) is 0 Å². The van der Waals surface area contributed by atoms with E-state index in [2.05, 4.69) is 36.1 Å². The first-order valence-corrected chi connectivity index (χ1v) is 6.32. The van der Waals surface area contributed by atoms with Crippen LogP contribution in [0.25, 0.3) is 0 Å². The van der Waals surface area contributed by atoms with E-state index < -0.39 is 0 Å². The summed E-state index contributed by atoms with van der Waals surface area (Å²) >= 11 is 1.84. The van der Waals surface area contributed by atoms with Crippen molar-refractivity contribution in [3.8, 4) is 0 Å². The maximum Gasteiger partial charge on any atom is 0.0900 e. The Hall–Kier alpha value is -0.450. The molecule has 2 heterocycles. The average Bonchev–Trinajstić information content (AvgIpc) is 2.49. The molecule has 2 rings (SSSR count). The summed E-state index contributed by atoms with van der Waals surface area (Å²) in [4.78, 5) is 8.38. The van der Waals surface area contributed by atoms with Gasteiger partial charge >= 0.3 is 0 Å². The molecule has 1 saturated heterocycles. The Morgan fingerprint density at radius 3 is 2.93 bits per heavy atom. The number of thiazole rings is 1. The van der Waals surface area contributed by atoms with Crippen molar-refractivity contribution in [2.24, 2.45) is 0 Å². The summed E-state index contributed by atoms with van der Waals surface area (Å²) in [5.74, 6) is 0. The second kappa shape index (κ2) is 4.60. The number of nitrogens with one attached hydrogen (secondary N) is 1. The Labute approximate surface area is 95.5 Å². The van der Waals surface area contributed by atoms with Gasteiger partial charge in [-0.2, -0.15) is 0 Å². The van der Waals surface area contributed by atoms with Gasteiger partial charge in [-0.3, -0.25) is 0 Å². The molecule has 3 nitrogen and oxygen atoms in total. The summed E-state index contributed by atoms with van der Waals surface area (Å²) in [7, 11) is 2.22. The molecule has 0 saturated carbocycles. The Balaban J connectivity index is 2.04. The van der Waals surface area contributed by atoms with E-state index in [0.29, 0.717) is 6.04 Å². The molecule has 0 aromatic carbocycles. The van der Waals surface area contributed by atoms with Crippen LogP contribution < -0.4 is 5.32 Å². The molecule has 1 aliphatic heterocycles. The van der Waals surface area contributed by atoms with Gasteiger partial charge in [0, 0.05) is 37.0 Å². The van der Waals surface area contributed by atoms with Crippen LogP contribution in [0.4, 0.5) is 0 Å². The van der Waals surface area contributed by atoms with Crippen molar-refractivity contribution < 1.29 is 0 Å². The monoisotopic (exact) mass is 225 g/mol. The number of nitrogens with zero attached hydrogens (tertiary/aromatic N) is 2. The van der Waals surface area contributed by atoms with E-state index in [0.717, 1.165) is 26.1 Å². The molecule has 0 radical (unpaired) electrons. The molecule has 1 aromatic rings. The van der Waals surface area contributed by atoms with Crippen LogP contribution in [0, 0.1) is 13.8 Å². The molecule has 15 heavy (non-hydrogen) atoms. The number of hydrogen-bond donors (Lipinski definition) is 1.